The number of phenolic OH excluding ortho intramolecular Hbond substituents is 1. The van der Waals surface area contributed by atoms with Crippen LogP contribution in [0.5, 0.6) is 5.75 Å². The Labute approximate surface area is 122 Å². The average Bonchev–Trinajstić information content (AvgIpc) is 2.46. The third-order valence-corrected chi connectivity index (χ3v) is 3.71. The molecule has 0 saturated carbocycles. The molecule has 0 spiro atoms. The highest BCUT2D eigenvalue weighted by molar-refractivity contribution is 5.85. The molecule has 1 aromatic carbocycles. The van der Waals surface area contributed by atoms with E-state index in [9.17, 15) is 14.7 Å². The lowest BCUT2D eigenvalue weighted by Crippen LogP contribution is -2.11. The minimum atomic E-state index is -0.418. The number of hydrogen-bond acceptors (Lipinski definition) is 5. The smallest absolute Gasteiger partial charge is 0.339 e. The average molecular weight is 290 g/mol. The predicted molar refractivity (Wildman–Crippen MR) is 78.6 cm³/mol. The van der Waals surface area contributed by atoms with Crippen molar-refractivity contribution in [3.63, 3.8) is 0 Å². The molecule has 1 heterocycles. The van der Waals surface area contributed by atoms with Crippen molar-refractivity contribution in [1.29, 1.82) is 0 Å². The van der Waals surface area contributed by atoms with Crippen LogP contribution in [-0.2, 0) is 16.0 Å². The molecule has 0 saturated heterocycles. The van der Waals surface area contributed by atoms with Crippen LogP contribution in [-0.4, -0.2) is 18.2 Å². The van der Waals surface area contributed by atoms with E-state index in [0.29, 0.717) is 29.6 Å². The fourth-order valence-electron chi connectivity index (χ4n) is 2.38. The Morgan fingerprint density at radius 1 is 1.29 bits per heavy atom. The number of aryl methyl sites for hydroxylation is 2. The van der Waals surface area contributed by atoms with Crippen molar-refractivity contribution in [2.45, 2.75) is 33.1 Å². The van der Waals surface area contributed by atoms with Crippen molar-refractivity contribution in [3.05, 3.63) is 39.2 Å². The molecule has 1 aromatic heterocycles. The fourth-order valence-corrected chi connectivity index (χ4v) is 2.38. The number of hydrogen-bond donors (Lipinski definition) is 1. The highest BCUT2D eigenvalue weighted by Gasteiger charge is 2.14. The largest absolute Gasteiger partial charge is 0.508 e. The van der Waals surface area contributed by atoms with E-state index in [-0.39, 0.29) is 18.1 Å². The number of carbonyl (C=O) groups excluding carboxylic acids is 1. The van der Waals surface area contributed by atoms with Crippen LogP contribution in [0.25, 0.3) is 11.0 Å². The minimum Gasteiger partial charge on any atom is -0.508 e. The Hall–Kier alpha value is -2.30. The summed E-state index contributed by atoms with van der Waals surface area (Å²) in [6, 6.07) is 3.32. The fraction of sp³-hybridized carbons (Fsp3) is 0.375. The zero-order valence-electron chi connectivity index (χ0n) is 12.4. The minimum absolute atomic E-state index is 0.100. The first-order valence-corrected chi connectivity index (χ1v) is 6.77. The molecule has 1 N–H and O–H groups in total. The van der Waals surface area contributed by atoms with Crippen molar-refractivity contribution in [2.24, 2.45) is 0 Å². The van der Waals surface area contributed by atoms with Gasteiger partial charge in [-0.05, 0) is 44.4 Å². The Balaban J connectivity index is 2.40. The third kappa shape index (κ3) is 2.91. The van der Waals surface area contributed by atoms with Crippen LogP contribution in [0.1, 0.15) is 29.5 Å². The number of fused-ring (bicyclic) bond motifs is 1. The van der Waals surface area contributed by atoms with Crippen LogP contribution in [0, 0.1) is 13.8 Å². The van der Waals surface area contributed by atoms with Gasteiger partial charge in [-0.25, -0.2) is 4.79 Å². The van der Waals surface area contributed by atoms with Gasteiger partial charge in [0.05, 0.1) is 7.11 Å². The molecular formula is C16H18O5. The maximum absolute atomic E-state index is 12.1. The van der Waals surface area contributed by atoms with Gasteiger partial charge in [0.1, 0.15) is 11.3 Å². The standard InChI is InChI=1S/C16H18O5/c1-9-11-7-8-13(17)10(2)15(11)21-16(19)12(9)5-4-6-14(18)20-3/h7-8,17H,4-6H2,1-3H3. The van der Waals surface area contributed by atoms with E-state index in [0.717, 1.165) is 10.9 Å². The highest BCUT2D eigenvalue weighted by atomic mass is 16.5. The maximum atomic E-state index is 12.1. The van der Waals surface area contributed by atoms with Crippen LogP contribution in [0.2, 0.25) is 0 Å². The number of aromatic hydroxyl groups is 1. The molecular weight excluding hydrogens is 272 g/mol. The molecule has 0 aliphatic rings. The SMILES string of the molecule is COC(=O)CCCc1c(C)c2ccc(O)c(C)c2oc1=O. The number of methoxy groups -OCH3 is 1. The van der Waals surface area contributed by atoms with E-state index in [2.05, 4.69) is 4.74 Å². The molecule has 0 aliphatic heterocycles. The zero-order valence-corrected chi connectivity index (χ0v) is 12.4. The second-order valence-electron chi connectivity index (χ2n) is 5.01. The number of rotatable bonds is 4. The van der Waals surface area contributed by atoms with Crippen LogP contribution in [0.3, 0.4) is 0 Å². The molecule has 0 aliphatic carbocycles. The van der Waals surface area contributed by atoms with E-state index in [1.54, 1.807) is 19.1 Å². The molecule has 0 bridgehead atoms. The molecule has 0 fully saturated rings. The van der Waals surface area contributed by atoms with Gasteiger partial charge >= 0.3 is 11.6 Å². The van der Waals surface area contributed by atoms with Crippen LogP contribution in [0.15, 0.2) is 21.3 Å². The summed E-state index contributed by atoms with van der Waals surface area (Å²) >= 11 is 0. The number of phenols is 1. The number of benzene rings is 1. The van der Waals surface area contributed by atoms with E-state index < -0.39 is 5.63 Å². The highest BCUT2D eigenvalue weighted by Crippen LogP contribution is 2.28. The number of esters is 1. The maximum Gasteiger partial charge on any atom is 0.339 e. The van der Waals surface area contributed by atoms with E-state index in [4.69, 9.17) is 4.42 Å². The lowest BCUT2D eigenvalue weighted by molar-refractivity contribution is -0.140. The van der Waals surface area contributed by atoms with Gasteiger partial charge in [-0.2, -0.15) is 0 Å². The van der Waals surface area contributed by atoms with Gasteiger partial charge in [0.2, 0.25) is 0 Å². The Bertz CT molecular complexity index is 742. The van der Waals surface area contributed by atoms with Crippen molar-refractivity contribution < 1.29 is 19.1 Å². The summed E-state index contributed by atoms with van der Waals surface area (Å²) in [5.74, 6) is -0.193. The summed E-state index contributed by atoms with van der Waals surface area (Å²) in [6.45, 7) is 3.56. The third-order valence-electron chi connectivity index (χ3n) is 3.71. The van der Waals surface area contributed by atoms with E-state index in [1.165, 1.54) is 7.11 Å². The van der Waals surface area contributed by atoms with E-state index in [1.807, 2.05) is 6.92 Å². The molecule has 5 nitrogen and oxygen atoms in total. The molecule has 0 radical (unpaired) electrons. The zero-order chi connectivity index (χ0) is 15.6. The Morgan fingerprint density at radius 2 is 2.00 bits per heavy atom. The molecule has 0 atom stereocenters. The predicted octanol–water partition coefficient (Wildman–Crippen LogP) is 2.61. The Kier molecular flexibility index (Phi) is 4.31. The molecule has 112 valence electrons. The van der Waals surface area contributed by atoms with Gasteiger partial charge in [-0.1, -0.05) is 0 Å². The van der Waals surface area contributed by atoms with Gasteiger partial charge in [0.25, 0.3) is 0 Å². The molecule has 2 aromatic rings. The van der Waals surface area contributed by atoms with Crippen molar-refractivity contribution >= 4 is 16.9 Å². The monoisotopic (exact) mass is 290 g/mol. The summed E-state index contributed by atoms with van der Waals surface area (Å²) in [5, 5.41) is 10.5. The van der Waals surface area contributed by atoms with Crippen molar-refractivity contribution in [1.82, 2.24) is 0 Å². The molecule has 0 amide bonds. The molecule has 2 rings (SSSR count). The first-order chi connectivity index (χ1) is 9.95. The first-order valence-electron chi connectivity index (χ1n) is 6.77. The molecule has 5 heteroatoms. The van der Waals surface area contributed by atoms with Crippen LogP contribution in [0.4, 0.5) is 0 Å². The lowest BCUT2D eigenvalue weighted by atomic mass is 10.00. The summed E-state index contributed by atoms with van der Waals surface area (Å²) in [6.07, 6.45) is 1.25. The molecule has 0 unspecified atom stereocenters. The quantitative estimate of drug-likeness (QED) is 0.692. The number of carbonyl (C=O) groups is 1. The first kappa shape index (κ1) is 15.1. The summed E-state index contributed by atoms with van der Waals surface area (Å²) in [4.78, 5) is 23.2. The lowest BCUT2D eigenvalue weighted by Gasteiger charge is -2.09. The summed E-state index contributed by atoms with van der Waals surface area (Å²) in [5.41, 5.74) is 1.94. The molecule has 21 heavy (non-hydrogen) atoms. The summed E-state index contributed by atoms with van der Waals surface area (Å²) < 4.78 is 9.92. The summed E-state index contributed by atoms with van der Waals surface area (Å²) in [7, 11) is 1.34. The second kappa shape index (κ2) is 5.99. The van der Waals surface area contributed by atoms with Gasteiger partial charge in [0, 0.05) is 22.9 Å². The van der Waals surface area contributed by atoms with Gasteiger partial charge in [-0.3, -0.25) is 4.79 Å². The Morgan fingerprint density at radius 3 is 2.67 bits per heavy atom. The second-order valence-corrected chi connectivity index (χ2v) is 5.01. The van der Waals surface area contributed by atoms with Gasteiger partial charge < -0.3 is 14.3 Å². The van der Waals surface area contributed by atoms with Crippen LogP contribution >= 0.6 is 0 Å². The topological polar surface area (TPSA) is 76.7 Å². The van der Waals surface area contributed by atoms with Crippen molar-refractivity contribution in [2.75, 3.05) is 7.11 Å². The van der Waals surface area contributed by atoms with Gasteiger partial charge in [-0.15, -0.1) is 0 Å². The normalized spacial score (nSPS) is 10.8. The number of ether oxygens (including phenoxy) is 1. The van der Waals surface area contributed by atoms with Crippen molar-refractivity contribution in [3.8, 4) is 5.75 Å². The van der Waals surface area contributed by atoms with Gasteiger partial charge in [0.15, 0.2) is 0 Å². The van der Waals surface area contributed by atoms with Crippen LogP contribution < -0.4 is 5.63 Å². The van der Waals surface area contributed by atoms with E-state index >= 15 is 0 Å².